The molecule has 0 atom stereocenters. The summed E-state index contributed by atoms with van der Waals surface area (Å²) in [5.74, 6) is -2.47. The monoisotopic (exact) mass is 544 g/mol. The Morgan fingerprint density at radius 2 is 1.61 bits per heavy atom. The van der Waals surface area contributed by atoms with E-state index < -0.39 is 35.0 Å². The highest BCUT2D eigenvalue weighted by molar-refractivity contribution is 6.42. The highest BCUT2D eigenvalue weighted by Gasteiger charge is 2.33. The van der Waals surface area contributed by atoms with Crippen LogP contribution in [0.4, 0.5) is 23.4 Å². The largest absolute Gasteiger partial charge is 0.461 e. The van der Waals surface area contributed by atoms with Crippen molar-refractivity contribution in [3.63, 3.8) is 0 Å². The lowest BCUT2D eigenvalue weighted by Crippen LogP contribution is -2.49. The van der Waals surface area contributed by atoms with Crippen LogP contribution in [0, 0.1) is 5.82 Å². The van der Waals surface area contributed by atoms with Gasteiger partial charge in [0.05, 0.1) is 38.8 Å². The maximum atomic E-state index is 14.3. The molecule has 4 rings (SSSR count). The van der Waals surface area contributed by atoms with Gasteiger partial charge in [0.2, 0.25) is 0 Å². The van der Waals surface area contributed by atoms with Gasteiger partial charge in [-0.05, 0) is 37.3 Å². The summed E-state index contributed by atoms with van der Waals surface area (Å²) in [6, 6.07) is 4.79. The van der Waals surface area contributed by atoms with Crippen molar-refractivity contribution in [2.45, 2.75) is 13.1 Å². The molecule has 1 aliphatic rings. The Morgan fingerprint density at radius 1 is 1.00 bits per heavy atom. The molecule has 1 saturated heterocycles. The van der Waals surface area contributed by atoms with Gasteiger partial charge in [-0.1, -0.05) is 23.2 Å². The second kappa shape index (κ2) is 10.1. The predicted octanol–water partition coefficient (Wildman–Crippen LogP) is 5.23. The quantitative estimate of drug-likeness (QED) is 0.330. The lowest BCUT2D eigenvalue weighted by Gasteiger charge is -2.36. The number of aromatic nitrogens is 2. The third-order valence-corrected chi connectivity index (χ3v) is 6.27. The van der Waals surface area contributed by atoms with Gasteiger partial charge in [-0.15, -0.1) is 0 Å². The first kappa shape index (κ1) is 25.9. The smallest absolute Gasteiger partial charge is 0.416 e. The molecule has 2 heterocycles. The molecule has 7 nitrogen and oxygen atoms in total. The molecule has 190 valence electrons. The van der Waals surface area contributed by atoms with Crippen molar-refractivity contribution in [3.05, 3.63) is 63.0 Å². The Bertz CT molecular complexity index is 1350. The molecule has 0 aliphatic carbocycles. The van der Waals surface area contributed by atoms with E-state index in [-0.39, 0.29) is 54.3 Å². The van der Waals surface area contributed by atoms with Crippen LogP contribution in [0.15, 0.2) is 30.3 Å². The minimum absolute atomic E-state index is 0.0451. The molecule has 0 saturated carbocycles. The van der Waals surface area contributed by atoms with Gasteiger partial charge < -0.3 is 14.5 Å². The summed E-state index contributed by atoms with van der Waals surface area (Å²) >= 11 is 12.2. The van der Waals surface area contributed by atoms with Crippen LogP contribution in [0.25, 0.3) is 11.0 Å². The molecule has 36 heavy (non-hydrogen) atoms. The highest BCUT2D eigenvalue weighted by Crippen LogP contribution is 2.31. The number of carbonyl (C=O) groups excluding carboxylic acids is 2. The SMILES string of the molecule is CCOC(=O)c1nc2cc(Cl)c(Cl)cc2nc1N1CCN(C(=O)c2ccc(C(F)(F)F)cc2F)CC1. The van der Waals surface area contributed by atoms with Crippen molar-refractivity contribution < 1.29 is 31.9 Å². The Hall–Kier alpha value is -3.18. The third kappa shape index (κ3) is 5.17. The van der Waals surface area contributed by atoms with Crippen LogP contribution in [-0.4, -0.2) is 59.5 Å². The van der Waals surface area contributed by atoms with Crippen molar-refractivity contribution in [2.75, 3.05) is 37.7 Å². The van der Waals surface area contributed by atoms with Gasteiger partial charge in [0.1, 0.15) is 5.82 Å². The van der Waals surface area contributed by atoms with Crippen LogP contribution in [0.1, 0.15) is 33.3 Å². The normalized spacial score (nSPS) is 14.3. The maximum Gasteiger partial charge on any atom is 0.416 e. The fourth-order valence-corrected chi connectivity index (χ4v) is 4.07. The zero-order valence-electron chi connectivity index (χ0n) is 18.7. The Labute approximate surface area is 212 Å². The van der Waals surface area contributed by atoms with E-state index in [4.69, 9.17) is 27.9 Å². The topological polar surface area (TPSA) is 75.6 Å². The number of benzene rings is 2. The fourth-order valence-electron chi connectivity index (χ4n) is 3.76. The molecule has 13 heteroatoms. The van der Waals surface area contributed by atoms with Crippen molar-refractivity contribution >= 4 is 51.9 Å². The first-order valence-corrected chi connectivity index (χ1v) is 11.5. The van der Waals surface area contributed by atoms with Crippen LogP contribution >= 0.6 is 23.2 Å². The molecule has 2 aromatic carbocycles. The van der Waals surface area contributed by atoms with Crippen LogP contribution in [0.3, 0.4) is 0 Å². The molecule has 0 unspecified atom stereocenters. The first-order chi connectivity index (χ1) is 17.0. The molecule has 0 N–H and O–H groups in total. The number of piperazine rings is 1. The van der Waals surface area contributed by atoms with Gasteiger partial charge in [0, 0.05) is 26.2 Å². The minimum atomic E-state index is -4.72. The molecule has 1 aliphatic heterocycles. The number of rotatable bonds is 4. The molecule has 0 spiro atoms. The Morgan fingerprint density at radius 3 is 2.17 bits per heavy atom. The number of hydrogen-bond acceptors (Lipinski definition) is 6. The molecule has 1 fully saturated rings. The number of carbonyl (C=O) groups is 2. The van der Waals surface area contributed by atoms with E-state index in [0.29, 0.717) is 23.2 Å². The molecule has 0 bridgehead atoms. The Kier molecular flexibility index (Phi) is 7.24. The molecule has 1 amide bonds. The zero-order valence-corrected chi connectivity index (χ0v) is 20.2. The summed E-state index contributed by atoms with van der Waals surface area (Å²) in [5, 5.41) is 0.492. The van der Waals surface area contributed by atoms with Crippen molar-refractivity contribution in [3.8, 4) is 0 Å². The van der Waals surface area contributed by atoms with Gasteiger partial charge in [-0.3, -0.25) is 4.79 Å². The number of alkyl halides is 3. The lowest BCUT2D eigenvalue weighted by molar-refractivity contribution is -0.137. The highest BCUT2D eigenvalue weighted by atomic mass is 35.5. The minimum Gasteiger partial charge on any atom is -0.461 e. The van der Waals surface area contributed by atoms with Crippen molar-refractivity contribution in [1.29, 1.82) is 0 Å². The second-order valence-electron chi connectivity index (χ2n) is 7.84. The summed E-state index contributed by atoms with van der Waals surface area (Å²) in [7, 11) is 0. The van der Waals surface area contributed by atoms with Gasteiger partial charge >= 0.3 is 12.1 Å². The van der Waals surface area contributed by atoms with Gasteiger partial charge in [0.25, 0.3) is 5.91 Å². The van der Waals surface area contributed by atoms with Crippen molar-refractivity contribution in [1.82, 2.24) is 14.9 Å². The third-order valence-electron chi connectivity index (χ3n) is 5.55. The van der Waals surface area contributed by atoms with E-state index in [1.54, 1.807) is 11.8 Å². The van der Waals surface area contributed by atoms with Crippen LogP contribution in [0.2, 0.25) is 10.0 Å². The number of anilines is 1. The standard InChI is InChI=1S/C23H18Cl2F4N4O3/c1-2-36-22(35)19-20(31-18-11-15(25)14(24)10-17(18)30-19)32-5-7-33(8-6-32)21(34)13-4-3-12(9-16(13)26)23(27,28)29/h3-4,9-11H,2,5-8H2,1H3. The maximum absolute atomic E-state index is 14.3. The van der Waals surface area contributed by atoms with Crippen LogP contribution in [0.5, 0.6) is 0 Å². The number of amides is 1. The lowest BCUT2D eigenvalue weighted by atomic mass is 10.1. The number of esters is 1. The van der Waals surface area contributed by atoms with E-state index in [1.165, 1.54) is 17.0 Å². The summed E-state index contributed by atoms with van der Waals surface area (Å²) in [4.78, 5) is 37.3. The van der Waals surface area contributed by atoms with Gasteiger partial charge in [0.15, 0.2) is 11.5 Å². The summed E-state index contributed by atoms with van der Waals surface area (Å²) in [5.41, 5.74) is -0.957. The summed E-state index contributed by atoms with van der Waals surface area (Å²) < 4.78 is 57.9. The van der Waals surface area contributed by atoms with Crippen molar-refractivity contribution in [2.24, 2.45) is 0 Å². The van der Waals surface area contributed by atoms with E-state index >= 15 is 0 Å². The molecular formula is C23H18Cl2F4N4O3. The first-order valence-electron chi connectivity index (χ1n) is 10.7. The average Bonchev–Trinajstić information content (AvgIpc) is 2.83. The van der Waals surface area contributed by atoms with Gasteiger partial charge in [-0.2, -0.15) is 13.2 Å². The number of ether oxygens (including phenoxy) is 1. The second-order valence-corrected chi connectivity index (χ2v) is 8.66. The van der Waals surface area contributed by atoms with E-state index in [1.807, 2.05) is 0 Å². The Balaban J connectivity index is 1.58. The van der Waals surface area contributed by atoms with Gasteiger partial charge in [-0.25, -0.2) is 19.2 Å². The van der Waals surface area contributed by atoms with E-state index in [9.17, 15) is 27.2 Å². The number of fused-ring (bicyclic) bond motifs is 1. The zero-order chi connectivity index (χ0) is 26.2. The number of nitrogens with zero attached hydrogens (tertiary/aromatic N) is 4. The average molecular weight is 545 g/mol. The summed E-state index contributed by atoms with van der Waals surface area (Å²) in [6.45, 7) is 2.35. The van der Waals surface area contributed by atoms with Crippen LogP contribution < -0.4 is 4.90 Å². The van der Waals surface area contributed by atoms with Crippen LogP contribution in [-0.2, 0) is 10.9 Å². The molecule has 0 radical (unpaired) electrons. The van der Waals surface area contributed by atoms with E-state index in [2.05, 4.69) is 9.97 Å². The summed E-state index contributed by atoms with van der Waals surface area (Å²) in [6.07, 6.45) is -4.72. The van der Waals surface area contributed by atoms with E-state index in [0.717, 1.165) is 6.07 Å². The molecule has 1 aromatic heterocycles. The molecule has 3 aromatic rings. The molecular weight excluding hydrogens is 527 g/mol. The number of halogens is 6. The fraction of sp³-hybridized carbons (Fsp3) is 0.304. The number of hydrogen-bond donors (Lipinski definition) is 0. The predicted molar refractivity (Wildman–Crippen MR) is 125 cm³/mol.